The number of rotatable bonds is 6. The summed E-state index contributed by atoms with van der Waals surface area (Å²) in [5.41, 5.74) is 4.36. The van der Waals surface area contributed by atoms with Crippen LogP contribution < -0.4 is 0 Å². The topological polar surface area (TPSA) is 52.6 Å². The largest absolute Gasteiger partial charge is 0.458 e. The molecular formula is C32H42O4. The average molecular weight is 491 g/mol. The normalized spacial score (nSPS) is 35.2. The van der Waals surface area contributed by atoms with Gasteiger partial charge in [-0.3, -0.25) is 4.79 Å². The highest BCUT2D eigenvalue weighted by Crippen LogP contribution is 2.65. The first-order valence-electron chi connectivity index (χ1n) is 14.0. The highest BCUT2D eigenvalue weighted by atomic mass is 16.5. The highest BCUT2D eigenvalue weighted by Gasteiger charge is 2.60. The van der Waals surface area contributed by atoms with Crippen LogP contribution in [0.3, 0.4) is 0 Å². The molecule has 5 rings (SSSR count). The summed E-state index contributed by atoms with van der Waals surface area (Å²) in [7, 11) is 0. The molecule has 0 heterocycles. The molecule has 0 aromatic heterocycles. The first kappa shape index (κ1) is 25.4. The summed E-state index contributed by atoms with van der Waals surface area (Å²) < 4.78 is 12.1. The van der Waals surface area contributed by atoms with E-state index in [4.69, 9.17) is 9.47 Å². The zero-order chi connectivity index (χ0) is 25.5. The van der Waals surface area contributed by atoms with Gasteiger partial charge in [0.25, 0.3) is 0 Å². The van der Waals surface area contributed by atoms with Crippen LogP contribution in [0.5, 0.6) is 0 Å². The molecule has 0 spiro atoms. The number of allylic oxidation sites excluding steroid dienone is 2. The molecule has 194 valence electrons. The molecule has 1 aromatic carbocycles. The van der Waals surface area contributed by atoms with E-state index in [0.717, 1.165) is 37.7 Å². The third kappa shape index (κ3) is 4.51. The molecular weight excluding hydrogens is 448 g/mol. The van der Waals surface area contributed by atoms with Crippen molar-refractivity contribution >= 4 is 11.8 Å². The molecule has 4 heteroatoms. The predicted molar refractivity (Wildman–Crippen MR) is 141 cm³/mol. The van der Waals surface area contributed by atoms with E-state index in [0.29, 0.717) is 48.7 Å². The third-order valence-electron chi connectivity index (χ3n) is 10.2. The van der Waals surface area contributed by atoms with Gasteiger partial charge in [0.1, 0.15) is 6.10 Å². The monoisotopic (exact) mass is 490 g/mol. The molecule has 0 saturated heterocycles. The summed E-state index contributed by atoms with van der Waals surface area (Å²) in [6.07, 6.45) is 12.3. The van der Waals surface area contributed by atoms with Gasteiger partial charge in [-0.2, -0.15) is 0 Å². The van der Waals surface area contributed by atoms with Crippen LogP contribution in [0.2, 0.25) is 0 Å². The summed E-state index contributed by atoms with van der Waals surface area (Å²) in [6, 6.07) is 7.69. The first-order chi connectivity index (χ1) is 17.2. The molecule has 6 atom stereocenters. The van der Waals surface area contributed by atoms with E-state index in [1.165, 1.54) is 24.0 Å². The van der Waals surface area contributed by atoms with Gasteiger partial charge in [0.2, 0.25) is 0 Å². The summed E-state index contributed by atoms with van der Waals surface area (Å²) in [4.78, 5) is 25.5. The molecule has 1 aromatic rings. The number of ether oxygens (including phenoxy) is 2. The summed E-state index contributed by atoms with van der Waals surface area (Å²) >= 11 is 0. The second-order valence-electron chi connectivity index (χ2n) is 12.4. The summed E-state index contributed by atoms with van der Waals surface area (Å²) in [6.45, 7) is 9.86. The van der Waals surface area contributed by atoms with Gasteiger partial charge in [-0.15, -0.1) is 0 Å². The molecule has 3 fully saturated rings. The van der Waals surface area contributed by atoms with Crippen LogP contribution in [0.15, 0.2) is 47.6 Å². The van der Waals surface area contributed by atoms with Crippen LogP contribution in [0, 0.1) is 28.6 Å². The predicted octanol–water partition coefficient (Wildman–Crippen LogP) is 7.23. The number of fused-ring (bicyclic) bond motifs is 5. The Balaban J connectivity index is 1.29. The van der Waals surface area contributed by atoms with Crippen LogP contribution in [-0.2, 0) is 20.9 Å². The smallest absolute Gasteiger partial charge is 0.338 e. The van der Waals surface area contributed by atoms with E-state index in [9.17, 15) is 9.59 Å². The molecule has 3 saturated carbocycles. The number of ketones is 1. The molecule has 0 aliphatic heterocycles. The van der Waals surface area contributed by atoms with Crippen molar-refractivity contribution < 1.29 is 19.1 Å². The van der Waals surface area contributed by atoms with Crippen molar-refractivity contribution in [1.82, 2.24) is 0 Å². The quantitative estimate of drug-likeness (QED) is 0.240. The van der Waals surface area contributed by atoms with E-state index in [1.54, 1.807) is 0 Å². The van der Waals surface area contributed by atoms with Crippen LogP contribution in [-0.4, -0.2) is 24.5 Å². The van der Waals surface area contributed by atoms with Gasteiger partial charge in [0.05, 0.1) is 18.8 Å². The zero-order valence-electron chi connectivity index (χ0n) is 22.5. The maximum Gasteiger partial charge on any atom is 0.338 e. The number of benzene rings is 1. The summed E-state index contributed by atoms with van der Waals surface area (Å²) in [5.74, 6) is 2.01. The first-order valence-corrected chi connectivity index (χ1v) is 14.0. The van der Waals surface area contributed by atoms with Gasteiger partial charge in [-0.25, -0.2) is 4.79 Å². The van der Waals surface area contributed by atoms with E-state index in [-0.39, 0.29) is 22.9 Å². The maximum atomic E-state index is 13.4. The van der Waals surface area contributed by atoms with Crippen molar-refractivity contribution in [3.05, 3.63) is 58.7 Å². The Hall–Kier alpha value is -2.20. The molecule has 0 N–H and O–H groups in total. The van der Waals surface area contributed by atoms with Crippen molar-refractivity contribution in [3.8, 4) is 0 Å². The average Bonchev–Trinajstić information content (AvgIpc) is 3.18. The maximum absolute atomic E-state index is 13.4. The molecule has 4 aliphatic carbocycles. The van der Waals surface area contributed by atoms with Crippen LogP contribution in [0.4, 0.5) is 0 Å². The lowest BCUT2D eigenvalue weighted by Gasteiger charge is -2.57. The molecule has 0 bridgehead atoms. The fourth-order valence-corrected chi connectivity index (χ4v) is 8.14. The third-order valence-corrected chi connectivity index (χ3v) is 10.2. The molecule has 36 heavy (non-hydrogen) atoms. The van der Waals surface area contributed by atoms with Crippen molar-refractivity contribution in [2.24, 2.45) is 28.6 Å². The Morgan fingerprint density at radius 1 is 1.03 bits per heavy atom. The fourth-order valence-electron chi connectivity index (χ4n) is 8.14. The lowest BCUT2D eigenvalue weighted by atomic mass is 9.47. The van der Waals surface area contributed by atoms with Gasteiger partial charge in [-0.05, 0) is 99.7 Å². The van der Waals surface area contributed by atoms with Crippen molar-refractivity contribution in [1.29, 1.82) is 0 Å². The van der Waals surface area contributed by atoms with Gasteiger partial charge in [0, 0.05) is 11.8 Å². The van der Waals surface area contributed by atoms with Gasteiger partial charge in [-0.1, -0.05) is 49.3 Å². The Morgan fingerprint density at radius 2 is 1.83 bits per heavy atom. The Labute approximate surface area is 216 Å². The molecule has 0 radical (unpaired) electrons. The minimum atomic E-state index is -0.211. The number of esters is 1. The number of hydrogen-bond acceptors (Lipinski definition) is 4. The van der Waals surface area contributed by atoms with E-state index < -0.39 is 0 Å². The van der Waals surface area contributed by atoms with Gasteiger partial charge >= 0.3 is 5.97 Å². The van der Waals surface area contributed by atoms with Gasteiger partial charge in [0.15, 0.2) is 5.78 Å². The Bertz CT molecular complexity index is 1080. The van der Waals surface area contributed by atoms with E-state index in [2.05, 4.69) is 27.7 Å². The highest BCUT2D eigenvalue weighted by molar-refractivity contribution is 5.92. The Kier molecular flexibility index (Phi) is 7.02. The van der Waals surface area contributed by atoms with E-state index in [1.807, 2.05) is 36.4 Å². The van der Waals surface area contributed by atoms with Crippen LogP contribution in [0.1, 0.15) is 95.0 Å². The second kappa shape index (κ2) is 9.93. The van der Waals surface area contributed by atoms with E-state index >= 15 is 0 Å². The Morgan fingerprint density at radius 3 is 2.64 bits per heavy atom. The van der Waals surface area contributed by atoms with Crippen LogP contribution >= 0.6 is 0 Å². The lowest BCUT2D eigenvalue weighted by Crippen LogP contribution is -2.51. The van der Waals surface area contributed by atoms with Crippen molar-refractivity contribution in [2.75, 3.05) is 6.61 Å². The number of carbonyl (C=O) groups is 2. The second-order valence-corrected chi connectivity index (χ2v) is 12.4. The molecule has 0 unspecified atom stereocenters. The molecule has 0 amide bonds. The van der Waals surface area contributed by atoms with Crippen molar-refractivity contribution in [3.63, 3.8) is 0 Å². The SMILES string of the molecule is CC(C)=CCOCc1ccccc1C(=O)O[C@@H]1CC[C@H]2[C@@H]3CCC4=CC(=O)CC[C@]4(C)[C@H]3CC[C@]12C. The van der Waals surface area contributed by atoms with Crippen LogP contribution in [0.25, 0.3) is 0 Å². The minimum Gasteiger partial charge on any atom is -0.458 e. The summed E-state index contributed by atoms with van der Waals surface area (Å²) in [5, 5.41) is 0. The fraction of sp³-hybridized carbons (Fsp3) is 0.625. The lowest BCUT2D eigenvalue weighted by molar-refractivity contribution is -0.118. The molecule has 4 nitrogen and oxygen atoms in total. The molecule has 4 aliphatic rings. The van der Waals surface area contributed by atoms with Crippen molar-refractivity contribution in [2.45, 2.75) is 91.8 Å². The number of hydrogen-bond donors (Lipinski definition) is 0. The minimum absolute atomic E-state index is 0.0340. The standard InChI is InChI=1S/C32H42O4/c1-21(2)15-18-35-20-22-7-5-6-8-25(22)30(34)36-29-12-11-27-26-10-9-23-19-24(33)13-16-31(23,3)28(26)14-17-32(27,29)4/h5-8,15,19,26-29H,9-14,16-18,20H2,1-4H3/t26-,27-,28-,29+,31-,32-/m0/s1. The van der Waals surface area contributed by atoms with Gasteiger partial charge < -0.3 is 9.47 Å². The number of carbonyl (C=O) groups excluding carboxylic acids is 2. The zero-order valence-corrected chi connectivity index (χ0v) is 22.5.